The van der Waals surface area contributed by atoms with Crippen LogP contribution in [0.1, 0.15) is 53.2 Å². The van der Waals surface area contributed by atoms with Gasteiger partial charge in [-0.1, -0.05) is 26.3 Å². The number of ether oxygens (including phenoxy) is 1. The summed E-state index contributed by atoms with van der Waals surface area (Å²) in [7, 11) is 1.40. The van der Waals surface area contributed by atoms with Crippen LogP contribution in [0.5, 0.6) is 5.75 Å². The lowest BCUT2D eigenvalue weighted by Gasteiger charge is -2.28. The number of hydrogen-bond acceptors (Lipinski definition) is 4. The molecule has 0 fully saturated rings. The van der Waals surface area contributed by atoms with Gasteiger partial charge < -0.3 is 15.5 Å². The molecule has 0 saturated heterocycles. The maximum absolute atomic E-state index is 15.3. The summed E-state index contributed by atoms with van der Waals surface area (Å²) in [5, 5.41) is 2.77. The quantitative estimate of drug-likeness (QED) is 0.505. The van der Waals surface area contributed by atoms with Gasteiger partial charge in [-0.2, -0.15) is 0 Å². The van der Waals surface area contributed by atoms with E-state index in [1.165, 1.54) is 37.9 Å². The summed E-state index contributed by atoms with van der Waals surface area (Å²) in [4.78, 5) is 17.8. The second kappa shape index (κ2) is 10.9. The van der Waals surface area contributed by atoms with Crippen LogP contribution in [0.4, 0.5) is 14.6 Å². The van der Waals surface area contributed by atoms with Gasteiger partial charge in [0.2, 0.25) is 5.91 Å². The lowest BCUT2D eigenvalue weighted by Crippen LogP contribution is -2.34. The third-order valence-corrected chi connectivity index (χ3v) is 6.37. The third kappa shape index (κ3) is 6.64. The number of benzene rings is 1. The van der Waals surface area contributed by atoms with E-state index in [-0.39, 0.29) is 23.1 Å². The smallest absolute Gasteiger partial charge is 0.241 e. The molecular formula is C23H32F2N2O3S. The highest BCUT2D eigenvalue weighted by molar-refractivity contribution is 8.01. The van der Waals surface area contributed by atoms with Crippen molar-refractivity contribution in [1.29, 1.82) is 0 Å². The van der Waals surface area contributed by atoms with Gasteiger partial charge in [0.15, 0.2) is 17.2 Å². The molecule has 8 heteroatoms. The number of thioether (sulfide) groups is 1. The number of carbonyl (C=O) groups is 1. The van der Waals surface area contributed by atoms with E-state index < -0.39 is 16.2 Å². The molecule has 2 aromatic rings. The van der Waals surface area contributed by atoms with Crippen LogP contribution in [0.2, 0.25) is 0 Å². The maximum atomic E-state index is 15.3. The first kappa shape index (κ1) is 26.8. The minimum absolute atomic E-state index is 0. The van der Waals surface area contributed by atoms with Gasteiger partial charge in [-0.05, 0) is 63.4 Å². The van der Waals surface area contributed by atoms with Crippen molar-refractivity contribution < 1.29 is 23.8 Å². The highest BCUT2D eigenvalue weighted by atomic mass is 32.2. The summed E-state index contributed by atoms with van der Waals surface area (Å²) in [5.41, 5.74) is -1.30. The Bertz CT molecular complexity index is 891. The molecule has 2 rings (SSSR count). The van der Waals surface area contributed by atoms with Gasteiger partial charge in [0, 0.05) is 4.90 Å². The Labute approximate surface area is 187 Å². The summed E-state index contributed by atoms with van der Waals surface area (Å²) >= 11 is 1.22. The van der Waals surface area contributed by atoms with Crippen molar-refractivity contribution >= 4 is 23.5 Å². The van der Waals surface area contributed by atoms with E-state index in [2.05, 4.69) is 10.3 Å². The van der Waals surface area contributed by atoms with Crippen LogP contribution in [-0.2, 0) is 10.5 Å². The van der Waals surface area contributed by atoms with E-state index in [1.54, 1.807) is 38.1 Å². The SMILES string of the molecule is CCCC(C)C(C)(F)c1cccc(NC(=O)C(C)(C)Sc2ccc(OC)c(F)c2)n1.O. The number of nitrogens with one attached hydrogen (secondary N) is 1. The first-order valence-corrected chi connectivity index (χ1v) is 10.8. The zero-order valence-electron chi connectivity index (χ0n) is 18.9. The predicted octanol–water partition coefficient (Wildman–Crippen LogP) is 5.53. The third-order valence-electron chi connectivity index (χ3n) is 5.18. The molecule has 1 amide bonds. The lowest BCUT2D eigenvalue weighted by molar-refractivity contribution is -0.117. The monoisotopic (exact) mass is 454 g/mol. The standard InChI is InChI=1S/C23H30F2N2O2S.H2O/c1-7-9-15(2)23(5,25)19-10-8-11-20(26-19)27-21(28)22(3,4)30-16-12-13-18(29-6)17(24)14-16;/h8,10-15H,7,9H2,1-6H3,(H,26,27,28);1H2. The number of amides is 1. The molecule has 0 saturated carbocycles. The molecule has 0 radical (unpaired) electrons. The van der Waals surface area contributed by atoms with Crippen LogP contribution in [-0.4, -0.2) is 28.2 Å². The molecule has 3 N–H and O–H groups in total. The summed E-state index contributed by atoms with van der Waals surface area (Å²) in [6.45, 7) is 8.89. The zero-order chi connectivity index (χ0) is 22.5. The van der Waals surface area contributed by atoms with Gasteiger partial charge >= 0.3 is 0 Å². The Hall–Kier alpha value is -2.19. The number of hydrogen-bond donors (Lipinski definition) is 1. The maximum Gasteiger partial charge on any atom is 0.241 e. The van der Waals surface area contributed by atoms with Crippen LogP contribution < -0.4 is 10.1 Å². The summed E-state index contributed by atoms with van der Waals surface area (Å²) in [6.07, 6.45) is 1.63. The zero-order valence-corrected chi connectivity index (χ0v) is 19.7. The van der Waals surface area contributed by atoms with Crippen LogP contribution >= 0.6 is 11.8 Å². The Morgan fingerprint density at radius 3 is 2.52 bits per heavy atom. The van der Waals surface area contributed by atoms with Crippen molar-refractivity contribution in [3.05, 3.63) is 47.9 Å². The fourth-order valence-electron chi connectivity index (χ4n) is 3.05. The van der Waals surface area contributed by atoms with Gasteiger partial charge in [0.05, 0.1) is 17.6 Å². The van der Waals surface area contributed by atoms with Crippen LogP contribution in [0, 0.1) is 11.7 Å². The highest BCUT2D eigenvalue weighted by Gasteiger charge is 2.35. The fourth-order valence-corrected chi connectivity index (χ4v) is 4.08. The molecular weight excluding hydrogens is 422 g/mol. The predicted molar refractivity (Wildman–Crippen MR) is 122 cm³/mol. The largest absolute Gasteiger partial charge is 0.494 e. The Morgan fingerprint density at radius 1 is 1.26 bits per heavy atom. The molecule has 0 spiro atoms. The van der Waals surface area contributed by atoms with Gasteiger partial charge in [-0.15, -0.1) is 11.8 Å². The molecule has 0 aliphatic heterocycles. The van der Waals surface area contributed by atoms with Crippen molar-refractivity contribution in [3.8, 4) is 5.75 Å². The molecule has 0 aliphatic rings. The topological polar surface area (TPSA) is 82.7 Å². The van der Waals surface area contributed by atoms with Gasteiger partial charge in [-0.25, -0.2) is 13.8 Å². The number of nitrogens with zero attached hydrogens (tertiary/aromatic N) is 1. The van der Waals surface area contributed by atoms with Crippen LogP contribution in [0.15, 0.2) is 41.3 Å². The molecule has 1 aromatic heterocycles. The molecule has 5 nitrogen and oxygen atoms in total. The van der Waals surface area contributed by atoms with Gasteiger partial charge in [0.1, 0.15) is 5.82 Å². The van der Waals surface area contributed by atoms with E-state index in [0.29, 0.717) is 16.4 Å². The van der Waals surface area contributed by atoms with Crippen LogP contribution in [0.3, 0.4) is 0 Å². The number of aromatic nitrogens is 1. The van der Waals surface area contributed by atoms with Crippen molar-refractivity contribution in [2.45, 2.75) is 62.8 Å². The number of pyridine rings is 1. The van der Waals surface area contributed by atoms with Crippen molar-refractivity contribution in [2.24, 2.45) is 5.92 Å². The molecule has 0 aliphatic carbocycles. The van der Waals surface area contributed by atoms with Crippen molar-refractivity contribution in [2.75, 3.05) is 12.4 Å². The molecule has 2 unspecified atom stereocenters. The Kier molecular flexibility index (Phi) is 9.44. The summed E-state index contributed by atoms with van der Waals surface area (Å²) < 4.78 is 33.3. The van der Waals surface area contributed by atoms with E-state index in [0.717, 1.165) is 12.8 Å². The van der Waals surface area contributed by atoms with Crippen LogP contribution in [0.25, 0.3) is 0 Å². The minimum atomic E-state index is -1.60. The Morgan fingerprint density at radius 2 is 1.94 bits per heavy atom. The molecule has 0 bridgehead atoms. The fraction of sp³-hybridized carbons (Fsp3) is 0.478. The minimum Gasteiger partial charge on any atom is -0.494 e. The molecule has 2 atom stereocenters. The van der Waals surface area contributed by atoms with E-state index in [4.69, 9.17) is 4.74 Å². The first-order valence-electron chi connectivity index (χ1n) is 10.0. The summed E-state index contributed by atoms with van der Waals surface area (Å²) in [6, 6.07) is 9.52. The molecule has 31 heavy (non-hydrogen) atoms. The molecule has 172 valence electrons. The van der Waals surface area contributed by atoms with Crippen molar-refractivity contribution in [3.63, 3.8) is 0 Å². The van der Waals surface area contributed by atoms with E-state index in [9.17, 15) is 9.18 Å². The van der Waals surface area contributed by atoms with Gasteiger partial charge in [0.25, 0.3) is 0 Å². The average Bonchev–Trinajstić information content (AvgIpc) is 2.68. The van der Waals surface area contributed by atoms with Crippen molar-refractivity contribution in [1.82, 2.24) is 4.98 Å². The van der Waals surface area contributed by atoms with Gasteiger partial charge in [-0.3, -0.25) is 4.79 Å². The lowest BCUT2D eigenvalue weighted by atomic mass is 9.86. The molecule has 1 aromatic carbocycles. The van der Waals surface area contributed by atoms with E-state index >= 15 is 4.39 Å². The van der Waals surface area contributed by atoms with E-state index in [1.807, 2.05) is 13.8 Å². The second-order valence-electron chi connectivity index (χ2n) is 8.04. The second-order valence-corrected chi connectivity index (χ2v) is 9.73. The number of alkyl halides is 1. The highest BCUT2D eigenvalue weighted by Crippen LogP contribution is 2.37. The average molecular weight is 455 g/mol. The Balaban J connectivity index is 0.00000480. The number of halogens is 2. The first-order chi connectivity index (χ1) is 14.0. The molecule has 1 heterocycles. The normalized spacial score (nSPS) is 14.2. The number of methoxy groups -OCH3 is 1. The number of anilines is 1. The number of rotatable bonds is 9. The summed E-state index contributed by atoms with van der Waals surface area (Å²) in [5.74, 6) is -0.557. The number of carbonyl (C=O) groups excluding carboxylic acids is 1.